The summed E-state index contributed by atoms with van der Waals surface area (Å²) in [4.78, 5) is 26.3. The van der Waals surface area contributed by atoms with Gasteiger partial charge in [-0.1, -0.05) is 0 Å². The fourth-order valence-corrected chi connectivity index (χ4v) is 3.43. The number of carbonyl (C=O) groups is 1. The van der Waals surface area contributed by atoms with E-state index in [0.29, 0.717) is 30.5 Å². The van der Waals surface area contributed by atoms with Gasteiger partial charge < -0.3 is 24.1 Å². The standard InChI is InChI=1S/C20H22N4O4/c1-26-14-6-5-13-10-17(23-16(13)11-14)20(25)24-9-3-4-15(12-24)28-19-18(27-2)21-7-8-22-19/h5-8,10-11,15,23H,3-4,9,12H2,1-2H3/t15-/m1/s1. The molecule has 0 aliphatic carbocycles. The maximum atomic E-state index is 13.0. The maximum Gasteiger partial charge on any atom is 0.278 e. The molecular formula is C20H22N4O4. The summed E-state index contributed by atoms with van der Waals surface area (Å²) in [6.07, 6.45) is 4.64. The zero-order valence-electron chi connectivity index (χ0n) is 15.8. The quantitative estimate of drug-likeness (QED) is 0.730. The van der Waals surface area contributed by atoms with Gasteiger partial charge in [0.05, 0.1) is 20.8 Å². The van der Waals surface area contributed by atoms with Crippen molar-refractivity contribution in [3.05, 3.63) is 42.4 Å². The first kappa shape index (κ1) is 18.1. The highest BCUT2D eigenvalue weighted by Gasteiger charge is 2.27. The number of aromatic amines is 1. The second-order valence-electron chi connectivity index (χ2n) is 6.64. The van der Waals surface area contributed by atoms with Gasteiger partial charge in [-0.3, -0.25) is 4.79 Å². The van der Waals surface area contributed by atoms with Crippen LogP contribution in [0.1, 0.15) is 23.3 Å². The highest BCUT2D eigenvalue weighted by molar-refractivity contribution is 5.98. The molecule has 1 aromatic carbocycles. The normalized spacial score (nSPS) is 16.8. The number of nitrogens with zero attached hydrogens (tertiary/aromatic N) is 3. The van der Waals surface area contributed by atoms with Gasteiger partial charge in [-0.05, 0) is 31.0 Å². The lowest BCUT2D eigenvalue weighted by molar-refractivity contribution is 0.0515. The number of carbonyl (C=O) groups excluding carboxylic acids is 1. The summed E-state index contributed by atoms with van der Waals surface area (Å²) in [5.74, 6) is 1.39. The summed E-state index contributed by atoms with van der Waals surface area (Å²) >= 11 is 0. The first-order valence-electron chi connectivity index (χ1n) is 9.15. The predicted molar refractivity (Wildman–Crippen MR) is 103 cm³/mol. The summed E-state index contributed by atoms with van der Waals surface area (Å²) in [5.41, 5.74) is 1.43. The average Bonchev–Trinajstić information content (AvgIpc) is 3.17. The van der Waals surface area contributed by atoms with Crippen LogP contribution in [0.15, 0.2) is 36.7 Å². The first-order chi connectivity index (χ1) is 13.7. The van der Waals surface area contributed by atoms with Crippen molar-refractivity contribution < 1.29 is 19.0 Å². The molecule has 1 aliphatic heterocycles. The molecule has 0 bridgehead atoms. The van der Waals surface area contributed by atoms with Gasteiger partial charge in [0.2, 0.25) is 0 Å². The van der Waals surface area contributed by atoms with E-state index in [-0.39, 0.29) is 12.0 Å². The molecule has 1 N–H and O–H groups in total. The minimum absolute atomic E-state index is 0.0467. The van der Waals surface area contributed by atoms with Gasteiger partial charge >= 0.3 is 0 Å². The number of likely N-dealkylation sites (tertiary alicyclic amines) is 1. The van der Waals surface area contributed by atoms with Crippen LogP contribution in [0.3, 0.4) is 0 Å². The number of H-pyrrole nitrogens is 1. The van der Waals surface area contributed by atoms with Crippen molar-refractivity contribution in [1.29, 1.82) is 0 Å². The van der Waals surface area contributed by atoms with Crippen molar-refractivity contribution in [1.82, 2.24) is 19.9 Å². The number of methoxy groups -OCH3 is 2. The molecule has 4 rings (SSSR count). The third-order valence-corrected chi connectivity index (χ3v) is 4.83. The van der Waals surface area contributed by atoms with Gasteiger partial charge in [0.1, 0.15) is 17.5 Å². The van der Waals surface area contributed by atoms with Crippen molar-refractivity contribution in [2.24, 2.45) is 0 Å². The zero-order valence-corrected chi connectivity index (χ0v) is 15.8. The molecule has 2 aromatic heterocycles. The summed E-state index contributed by atoms with van der Waals surface area (Å²) < 4.78 is 16.4. The minimum atomic E-state index is -0.159. The zero-order chi connectivity index (χ0) is 19.5. The van der Waals surface area contributed by atoms with Gasteiger partial charge in [-0.25, -0.2) is 9.97 Å². The largest absolute Gasteiger partial charge is 0.497 e. The number of nitrogens with one attached hydrogen (secondary N) is 1. The molecule has 1 atom stereocenters. The van der Waals surface area contributed by atoms with Crippen LogP contribution in [0, 0.1) is 0 Å². The molecule has 1 saturated heterocycles. The van der Waals surface area contributed by atoms with E-state index in [1.165, 1.54) is 7.11 Å². The molecule has 0 unspecified atom stereocenters. The third kappa shape index (κ3) is 3.58. The molecule has 0 radical (unpaired) electrons. The van der Waals surface area contributed by atoms with Crippen LogP contribution in [0.5, 0.6) is 17.5 Å². The third-order valence-electron chi connectivity index (χ3n) is 4.83. The molecule has 146 valence electrons. The predicted octanol–water partition coefficient (Wildman–Crippen LogP) is 2.66. The number of fused-ring (bicyclic) bond motifs is 1. The Morgan fingerprint density at radius 2 is 1.96 bits per heavy atom. The summed E-state index contributed by atoms with van der Waals surface area (Å²) in [6, 6.07) is 7.56. The van der Waals surface area contributed by atoms with E-state index < -0.39 is 0 Å². The fraction of sp³-hybridized carbons (Fsp3) is 0.350. The number of ether oxygens (including phenoxy) is 3. The Morgan fingerprint density at radius 3 is 2.75 bits per heavy atom. The van der Waals surface area contributed by atoms with E-state index in [2.05, 4.69) is 15.0 Å². The topological polar surface area (TPSA) is 89.6 Å². The average molecular weight is 382 g/mol. The number of amides is 1. The van der Waals surface area contributed by atoms with E-state index in [9.17, 15) is 4.79 Å². The number of piperidine rings is 1. The van der Waals surface area contributed by atoms with Crippen LogP contribution in [-0.2, 0) is 0 Å². The first-order valence-corrected chi connectivity index (χ1v) is 9.15. The summed E-state index contributed by atoms with van der Waals surface area (Å²) in [6.45, 7) is 1.17. The van der Waals surface area contributed by atoms with Crippen LogP contribution in [0.25, 0.3) is 10.9 Å². The molecule has 8 heteroatoms. The number of rotatable bonds is 5. The van der Waals surface area contributed by atoms with Gasteiger partial charge in [0.25, 0.3) is 17.7 Å². The van der Waals surface area contributed by atoms with Crippen molar-refractivity contribution >= 4 is 16.8 Å². The lowest BCUT2D eigenvalue weighted by Gasteiger charge is -2.32. The molecule has 8 nitrogen and oxygen atoms in total. The summed E-state index contributed by atoms with van der Waals surface area (Å²) in [5, 5.41) is 0.971. The van der Waals surface area contributed by atoms with E-state index in [1.807, 2.05) is 24.3 Å². The van der Waals surface area contributed by atoms with Crippen molar-refractivity contribution in [3.8, 4) is 17.5 Å². The van der Waals surface area contributed by atoms with E-state index in [0.717, 1.165) is 29.5 Å². The van der Waals surface area contributed by atoms with Crippen LogP contribution >= 0.6 is 0 Å². The molecule has 28 heavy (non-hydrogen) atoms. The minimum Gasteiger partial charge on any atom is -0.497 e. The number of hydrogen-bond donors (Lipinski definition) is 1. The van der Waals surface area contributed by atoms with Gasteiger partial charge in [-0.2, -0.15) is 0 Å². The molecule has 3 heterocycles. The number of benzene rings is 1. The van der Waals surface area contributed by atoms with Gasteiger partial charge in [0, 0.05) is 35.9 Å². The van der Waals surface area contributed by atoms with Gasteiger partial charge in [0.15, 0.2) is 0 Å². The maximum absolute atomic E-state index is 13.0. The second kappa shape index (κ2) is 7.75. The van der Waals surface area contributed by atoms with Crippen LogP contribution in [0.2, 0.25) is 0 Å². The van der Waals surface area contributed by atoms with Crippen LogP contribution in [0.4, 0.5) is 0 Å². The van der Waals surface area contributed by atoms with Crippen molar-refractivity contribution in [2.45, 2.75) is 18.9 Å². The Bertz CT molecular complexity index is 987. The lowest BCUT2D eigenvalue weighted by Crippen LogP contribution is -2.44. The Labute approximate surface area is 162 Å². The van der Waals surface area contributed by atoms with Crippen LogP contribution < -0.4 is 14.2 Å². The lowest BCUT2D eigenvalue weighted by atomic mass is 10.1. The smallest absolute Gasteiger partial charge is 0.278 e. The van der Waals surface area contributed by atoms with E-state index in [1.54, 1.807) is 24.4 Å². The Balaban J connectivity index is 1.49. The molecular weight excluding hydrogens is 360 g/mol. The molecule has 1 fully saturated rings. The molecule has 3 aromatic rings. The van der Waals surface area contributed by atoms with Crippen molar-refractivity contribution in [2.75, 3.05) is 27.3 Å². The second-order valence-corrected chi connectivity index (χ2v) is 6.64. The van der Waals surface area contributed by atoms with Crippen LogP contribution in [-0.4, -0.2) is 59.2 Å². The highest BCUT2D eigenvalue weighted by Crippen LogP contribution is 2.26. The van der Waals surface area contributed by atoms with Gasteiger partial charge in [-0.15, -0.1) is 0 Å². The van der Waals surface area contributed by atoms with E-state index >= 15 is 0 Å². The Hall–Kier alpha value is -3.29. The molecule has 0 spiro atoms. The SMILES string of the molecule is COc1ccc2cc(C(=O)N3CCC[C@@H](Oc4nccnc4OC)C3)[nH]c2c1. The highest BCUT2D eigenvalue weighted by atomic mass is 16.5. The molecule has 0 saturated carbocycles. The molecule has 1 amide bonds. The molecule has 1 aliphatic rings. The fourth-order valence-electron chi connectivity index (χ4n) is 3.43. The Morgan fingerprint density at radius 1 is 1.14 bits per heavy atom. The monoisotopic (exact) mass is 382 g/mol. The summed E-state index contributed by atoms with van der Waals surface area (Å²) in [7, 11) is 3.15. The number of aromatic nitrogens is 3. The Kier molecular flexibility index (Phi) is 5.01. The van der Waals surface area contributed by atoms with Crippen molar-refractivity contribution in [3.63, 3.8) is 0 Å². The van der Waals surface area contributed by atoms with E-state index in [4.69, 9.17) is 14.2 Å². The number of hydrogen-bond acceptors (Lipinski definition) is 6.